The molecule has 1 rings (SSSR count). The number of nitrogens with two attached hydrogens (primary N) is 1. The number of hydrogen-bond acceptors (Lipinski definition) is 3. The van der Waals surface area contributed by atoms with Gasteiger partial charge in [-0.2, -0.15) is 0 Å². The van der Waals surface area contributed by atoms with E-state index < -0.39 is 0 Å². The summed E-state index contributed by atoms with van der Waals surface area (Å²) < 4.78 is 6.40. The summed E-state index contributed by atoms with van der Waals surface area (Å²) in [4.78, 5) is 0. The SMILES string of the molecule is COc1ccc(Br)cc1CCNCCCN. The van der Waals surface area contributed by atoms with Crippen LogP contribution in [0.3, 0.4) is 0 Å². The van der Waals surface area contributed by atoms with Gasteiger partial charge in [-0.15, -0.1) is 0 Å². The zero-order valence-corrected chi connectivity index (χ0v) is 11.2. The second kappa shape index (κ2) is 7.65. The van der Waals surface area contributed by atoms with Crippen LogP contribution in [0.1, 0.15) is 12.0 Å². The highest BCUT2D eigenvalue weighted by molar-refractivity contribution is 9.10. The van der Waals surface area contributed by atoms with Crippen LogP contribution in [-0.4, -0.2) is 26.7 Å². The smallest absolute Gasteiger partial charge is 0.122 e. The molecular formula is C12H19BrN2O. The minimum absolute atomic E-state index is 0.743. The molecule has 0 spiro atoms. The molecule has 0 fully saturated rings. The van der Waals surface area contributed by atoms with Crippen LogP contribution in [0.15, 0.2) is 22.7 Å². The molecule has 0 aliphatic rings. The molecule has 1 aromatic carbocycles. The molecule has 0 unspecified atom stereocenters. The van der Waals surface area contributed by atoms with Gasteiger partial charge in [0.25, 0.3) is 0 Å². The second-order valence-electron chi connectivity index (χ2n) is 3.60. The van der Waals surface area contributed by atoms with Crippen molar-refractivity contribution in [1.82, 2.24) is 5.32 Å². The molecule has 0 bridgehead atoms. The number of nitrogens with one attached hydrogen (secondary N) is 1. The summed E-state index contributed by atoms with van der Waals surface area (Å²) in [7, 11) is 1.70. The number of hydrogen-bond donors (Lipinski definition) is 2. The first kappa shape index (κ1) is 13.5. The highest BCUT2D eigenvalue weighted by Crippen LogP contribution is 2.22. The lowest BCUT2D eigenvalue weighted by molar-refractivity contribution is 0.409. The summed E-state index contributed by atoms with van der Waals surface area (Å²) in [6.45, 7) is 2.67. The summed E-state index contributed by atoms with van der Waals surface area (Å²) in [5, 5.41) is 3.35. The van der Waals surface area contributed by atoms with E-state index in [0.29, 0.717) is 0 Å². The molecule has 0 radical (unpaired) electrons. The molecule has 4 heteroatoms. The van der Waals surface area contributed by atoms with Crippen LogP contribution in [0.4, 0.5) is 0 Å². The normalized spacial score (nSPS) is 10.4. The topological polar surface area (TPSA) is 47.3 Å². The molecular weight excluding hydrogens is 268 g/mol. The molecule has 0 saturated heterocycles. The number of methoxy groups -OCH3 is 1. The highest BCUT2D eigenvalue weighted by atomic mass is 79.9. The van der Waals surface area contributed by atoms with E-state index in [2.05, 4.69) is 27.3 Å². The van der Waals surface area contributed by atoms with Gasteiger partial charge in [-0.25, -0.2) is 0 Å². The monoisotopic (exact) mass is 286 g/mol. The highest BCUT2D eigenvalue weighted by Gasteiger charge is 2.02. The lowest BCUT2D eigenvalue weighted by Crippen LogP contribution is -2.20. The van der Waals surface area contributed by atoms with Crippen molar-refractivity contribution in [3.05, 3.63) is 28.2 Å². The fourth-order valence-corrected chi connectivity index (χ4v) is 1.93. The number of ether oxygens (including phenoxy) is 1. The van der Waals surface area contributed by atoms with Crippen LogP contribution in [0, 0.1) is 0 Å². The first-order chi connectivity index (χ1) is 7.77. The quantitative estimate of drug-likeness (QED) is 0.753. The van der Waals surface area contributed by atoms with Gasteiger partial charge in [0.15, 0.2) is 0 Å². The minimum Gasteiger partial charge on any atom is -0.496 e. The molecule has 0 aromatic heterocycles. The zero-order valence-electron chi connectivity index (χ0n) is 9.63. The molecule has 0 aliphatic heterocycles. The Hall–Kier alpha value is -0.580. The Morgan fingerprint density at radius 1 is 1.38 bits per heavy atom. The molecule has 0 saturated carbocycles. The lowest BCUT2D eigenvalue weighted by atomic mass is 10.1. The summed E-state index contributed by atoms with van der Waals surface area (Å²) in [6.07, 6.45) is 1.99. The first-order valence-electron chi connectivity index (χ1n) is 5.51. The molecule has 0 aliphatic carbocycles. The maximum Gasteiger partial charge on any atom is 0.122 e. The second-order valence-corrected chi connectivity index (χ2v) is 4.51. The van der Waals surface area contributed by atoms with E-state index in [0.717, 1.165) is 42.7 Å². The third kappa shape index (κ3) is 4.51. The first-order valence-corrected chi connectivity index (χ1v) is 6.30. The van der Waals surface area contributed by atoms with Crippen LogP contribution in [0.25, 0.3) is 0 Å². The van der Waals surface area contributed by atoms with Gasteiger partial charge < -0.3 is 15.8 Å². The average Bonchev–Trinajstić information content (AvgIpc) is 2.29. The van der Waals surface area contributed by atoms with Crippen LogP contribution in [-0.2, 0) is 6.42 Å². The Bertz CT molecular complexity index is 318. The van der Waals surface area contributed by atoms with Crippen molar-refractivity contribution in [2.45, 2.75) is 12.8 Å². The van der Waals surface area contributed by atoms with E-state index in [4.69, 9.17) is 10.5 Å². The van der Waals surface area contributed by atoms with E-state index in [1.165, 1.54) is 5.56 Å². The van der Waals surface area contributed by atoms with E-state index in [1.807, 2.05) is 12.1 Å². The van der Waals surface area contributed by atoms with Crippen molar-refractivity contribution >= 4 is 15.9 Å². The Morgan fingerprint density at radius 3 is 2.88 bits per heavy atom. The number of halogens is 1. The molecule has 3 N–H and O–H groups in total. The van der Waals surface area contributed by atoms with Gasteiger partial charge in [0.1, 0.15) is 5.75 Å². The average molecular weight is 287 g/mol. The minimum atomic E-state index is 0.743. The maximum atomic E-state index is 5.42. The van der Waals surface area contributed by atoms with Gasteiger partial charge in [0.2, 0.25) is 0 Å². The molecule has 16 heavy (non-hydrogen) atoms. The van der Waals surface area contributed by atoms with Crippen molar-refractivity contribution in [2.75, 3.05) is 26.7 Å². The Kier molecular flexibility index (Phi) is 6.45. The number of benzene rings is 1. The van der Waals surface area contributed by atoms with Crippen LogP contribution >= 0.6 is 15.9 Å². The molecule has 3 nitrogen and oxygen atoms in total. The van der Waals surface area contributed by atoms with Crippen molar-refractivity contribution in [1.29, 1.82) is 0 Å². The van der Waals surface area contributed by atoms with Gasteiger partial charge in [-0.1, -0.05) is 15.9 Å². The van der Waals surface area contributed by atoms with Crippen LogP contribution < -0.4 is 15.8 Å². The van der Waals surface area contributed by atoms with Gasteiger partial charge in [-0.3, -0.25) is 0 Å². The summed E-state index contributed by atoms with van der Waals surface area (Å²) in [5.74, 6) is 0.948. The Balaban J connectivity index is 2.42. The van der Waals surface area contributed by atoms with Crippen LogP contribution in [0.5, 0.6) is 5.75 Å². The predicted octanol–water partition coefficient (Wildman–Crippen LogP) is 1.94. The largest absolute Gasteiger partial charge is 0.496 e. The summed E-state index contributed by atoms with van der Waals surface area (Å²) in [6, 6.07) is 6.08. The van der Waals surface area contributed by atoms with E-state index in [-0.39, 0.29) is 0 Å². The Morgan fingerprint density at radius 2 is 2.19 bits per heavy atom. The van der Waals surface area contributed by atoms with Crippen molar-refractivity contribution in [2.24, 2.45) is 5.73 Å². The standard InChI is InChI=1S/C12H19BrN2O/c1-16-12-4-3-11(13)9-10(12)5-8-15-7-2-6-14/h3-4,9,15H,2,5-8,14H2,1H3. The van der Waals surface area contributed by atoms with Crippen molar-refractivity contribution in [3.8, 4) is 5.75 Å². The lowest BCUT2D eigenvalue weighted by Gasteiger charge is -2.09. The van der Waals surface area contributed by atoms with E-state index >= 15 is 0 Å². The fourth-order valence-electron chi connectivity index (χ4n) is 1.52. The maximum absolute atomic E-state index is 5.42. The van der Waals surface area contributed by atoms with Crippen molar-refractivity contribution in [3.63, 3.8) is 0 Å². The predicted molar refractivity (Wildman–Crippen MR) is 70.9 cm³/mol. The van der Waals surface area contributed by atoms with Gasteiger partial charge >= 0.3 is 0 Å². The fraction of sp³-hybridized carbons (Fsp3) is 0.500. The van der Waals surface area contributed by atoms with E-state index in [9.17, 15) is 0 Å². The summed E-state index contributed by atoms with van der Waals surface area (Å²) >= 11 is 3.47. The van der Waals surface area contributed by atoms with Gasteiger partial charge in [0, 0.05) is 4.47 Å². The Labute approximate surface area is 105 Å². The molecule has 1 aromatic rings. The molecule has 0 atom stereocenters. The number of rotatable bonds is 7. The van der Waals surface area contributed by atoms with Crippen molar-refractivity contribution < 1.29 is 4.74 Å². The molecule has 0 heterocycles. The van der Waals surface area contributed by atoms with E-state index in [1.54, 1.807) is 7.11 Å². The third-order valence-electron chi connectivity index (χ3n) is 2.37. The van der Waals surface area contributed by atoms with Crippen LogP contribution in [0.2, 0.25) is 0 Å². The van der Waals surface area contributed by atoms with Gasteiger partial charge in [-0.05, 0) is 56.2 Å². The molecule has 90 valence electrons. The zero-order chi connectivity index (χ0) is 11.8. The van der Waals surface area contributed by atoms with Gasteiger partial charge in [0.05, 0.1) is 7.11 Å². The molecule has 0 amide bonds. The summed E-state index contributed by atoms with van der Waals surface area (Å²) in [5.41, 5.74) is 6.64. The third-order valence-corrected chi connectivity index (χ3v) is 2.86.